The summed E-state index contributed by atoms with van der Waals surface area (Å²) in [5, 5.41) is 7.53. The number of hydrogen-bond donors (Lipinski definition) is 0. The third kappa shape index (κ3) is 3.74. The van der Waals surface area contributed by atoms with Gasteiger partial charge < -0.3 is 4.74 Å². The summed E-state index contributed by atoms with van der Waals surface area (Å²) in [7, 11) is 0. The molecule has 0 aromatic carbocycles. The highest BCUT2D eigenvalue weighted by atomic mass is 32.1. The van der Waals surface area contributed by atoms with Crippen LogP contribution in [-0.2, 0) is 16.7 Å². The fraction of sp³-hybridized carbons (Fsp3) is 0.625. The second-order valence-corrected chi connectivity index (χ2v) is 7.64. The Labute approximate surface area is 135 Å². The Kier molecular flexibility index (Phi) is 4.61. The molecule has 6 heteroatoms. The number of thiazole rings is 1. The number of ether oxygens (including phenoxy) is 1. The van der Waals surface area contributed by atoms with Gasteiger partial charge in [0.15, 0.2) is 0 Å². The lowest BCUT2D eigenvalue weighted by Crippen LogP contribution is -2.40. The summed E-state index contributed by atoms with van der Waals surface area (Å²) in [5.41, 5.74) is 1.26. The van der Waals surface area contributed by atoms with Crippen molar-refractivity contribution >= 4 is 11.3 Å². The van der Waals surface area contributed by atoms with Gasteiger partial charge in [-0.2, -0.15) is 5.10 Å². The van der Waals surface area contributed by atoms with Gasteiger partial charge in [-0.25, -0.2) is 4.98 Å². The van der Waals surface area contributed by atoms with Crippen LogP contribution in [0.15, 0.2) is 23.8 Å². The molecule has 1 aliphatic heterocycles. The molecule has 5 nitrogen and oxygen atoms in total. The van der Waals surface area contributed by atoms with E-state index in [0.29, 0.717) is 0 Å². The molecule has 0 N–H and O–H groups in total. The average molecular weight is 320 g/mol. The molecular formula is C16H24N4OS. The van der Waals surface area contributed by atoms with Crippen LogP contribution in [0, 0.1) is 0 Å². The first-order valence-corrected chi connectivity index (χ1v) is 8.67. The van der Waals surface area contributed by atoms with Crippen LogP contribution in [0.5, 0.6) is 0 Å². The highest BCUT2D eigenvalue weighted by Crippen LogP contribution is 2.30. The van der Waals surface area contributed by atoms with Gasteiger partial charge in [0.25, 0.3) is 0 Å². The molecule has 0 aliphatic carbocycles. The molecule has 1 aliphatic rings. The first-order valence-electron chi connectivity index (χ1n) is 7.79. The van der Waals surface area contributed by atoms with Crippen molar-refractivity contribution in [2.75, 3.05) is 26.2 Å². The van der Waals surface area contributed by atoms with E-state index in [1.807, 2.05) is 23.1 Å². The summed E-state index contributed by atoms with van der Waals surface area (Å²) in [6, 6.07) is 1.96. The molecular weight excluding hydrogens is 296 g/mol. The Balaban J connectivity index is 1.59. The summed E-state index contributed by atoms with van der Waals surface area (Å²) >= 11 is 1.72. The minimum absolute atomic E-state index is 0.100. The van der Waals surface area contributed by atoms with E-state index in [1.54, 1.807) is 11.3 Å². The molecule has 2 aromatic heterocycles. The van der Waals surface area contributed by atoms with Gasteiger partial charge >= 0.3 is 0 Å². The minimum atomic E-state index is 0.100. The molecule has 0 saturated carbocycles. The molecule has 0 amide bonds. The molecule has 3 heterocycles. The molecule has 1 saturated heterocycles. The second kappa shape index (κ2) is 6.48. The average Bonchev–Trinajstić information content (AvgIpc) is 3.16. The Morgan fingerprint density at radius 2 is 2.23 bits per heavy atom. The van der Waals surface area contributed by atoms with Crippen LogP contribution in [0.3, 0.4) is 0 Å². The summed E-state index contributed by atoms with van der Waals surface area (Å²) in [6.07, 6.45) is 3.94. The van der Waals surface area contributed by atoms with E-state index >= 15 is 0 Å². The van der Waals surface area contributed by atoms with Crippen molar-refractivity contribution < 1.29 is 4.74 Å². The van der Waals surface area contributed by atoms with Crippen molar-refractivity contribution in [3.05, 3.63) is 34.5 Å². The maximum Gasteiger partial charge on any atom is 0.123 e. The molecule has 1 unspecified atom stereocenters. The summed E-state index contributed by atoms with van der Waals surface area (Å²) < 4.78 is 7.92. The number of nitrogens with zero attached hydrogens (tertiary/aromatic N) is 4. The molecule has 120 valence electrons. The van der Waals surface area contributed by atoms with E-state index in [9.17, 15) is 0 Å². The largest absolute Gasteiger partial charge is 0.368 e. The predicted molar refractivity (Wildman–Crippen MR) is 88.2 cm³/mol. The van der Waals surface area contributed by atoms with E-state index in [-0.39, 0.29) is 11.5 Å². The SMILES string of the molecule is CC(C)(C)c1csc(C2CN(CCn3cccn3)CCO2)n1. The third-order valence-electron chi connectivity index (χ3n) is 3.92. The van der Waals surface area contributed by atoms with Crippen LogP contribution in [0.1, 0.15) is 37.6 Å². The minimum Gasteiger partial charge on any atom is -0.368 e. The zero-order valence-corrected chi connectivity index (χ0v) is 14.3. The van der Waals surface area contributed by atoms with Crippen LogP contribution in [-0.4, -0.2) is 45.9 Å². The predicted octanol–water partition coefficient (Wildman–Crippen LogP) is 2.71. The smallest absolute Gasteiger partial charge is 0.123 e. The van der Waals surface area contributed by atoms with E-state index in [0.717, 1.165) is 43.5 Å². The van der Waals surface area contributed by atoms with Crippen molar-refractivity contribution in [2.24, 2.45) is 0 Å². The summed E-state index contributed by atoms with van der Waals surface area (Å²) in [5.74, 6) is 0. The van der Waals surface area contributed by atoms with E-state index in [1.165, 1.54) is 0 Å². The van der Waals surface area contributed by atoms with E-state index in [2.05, 4.69) is 36.1 Å². The maximum absolute atomic E-state index is 5.94. The standard InChI is InChI=1S/C16H24N4OS/c1-16(2,3)14-12-22-15(18-14)13-11-19(9-10-21-13)7-8-20-6-4-5-17-20/h4-6,12-13H,7-11H2,1-3H3. The highest BCUT2D eigenvalue weighted by molar-refractivity contribution is 7.09. The van der Waals surface area contributed by atoms with E-state index in [4.69, 9.17) is 9.72 Å². The van der Waals surface area contributed by atoms with Gasteiger partial charge in [-0.15, -0.1) is 11.3 Å². The Morgan fingerprint density at radius 3 is 2.91 bits per heavy atom. The van der Waals surface area contributed by atoms with Crippen LogP contribution >= 0.6 is 11.3 Å². The quantitative estimate of drug-likeness (QED) is 0.869. The van der Waals surface area contributed by atoms with Crippen molar-refractivity contribution in [3.63, 3.8) is 0 Å². The van der Waals surface area contributed by atoms with Crippen molar-refractivity contribution in [1.82, 2.24) is 19.7 Å². The Hall–Kier alpha value is -1.24. The zero-order chi connectivity index (χ0) is 15.6. The van der Waals surface area contributed by atoms with Gasteiger partial charge in [0.1, 0.15) is 11.1 Å². The molecule has 1 fully saturated rings. The second-order valence-electron chi connectivity index (χ2n) is 6.75. The van der Waals surface area contributed by atoms with Crippen LogP contribution < -0.4 is 0 Å². The highest BCUT2D eigenvalue weighted by Gasteiger charge is 2.26. The summed E-state index contributed by atoms with van der Waals surface area (Å²) in [4.78, 5) is 7.24. The Bertz CT molecular complexity index is 588. The monoisotopic (exact) mass is 320 g/mol. The molecule has 1 atom stereocenters. The summed E-state index contributed by atoms with van der Waals surface area (Å²) in [6.45, 7) is 11.2. The van der Waals surface area contributed by atoms with Gasteiger partial charge in [-0.3, -0.25) is 9.58 Å². The van der Waals surface area contributed by atoms with Gasteiger partial charge in [-0.1, -0.05) is 20.8 Å². The van der Waals surface area contributed by atoms with Gasteiger partial charge in [-0.05, 0) is 6.07 Å². The van der Waals surface area contributed by atoms with Crippen LogP contribution in [0.2, 0.25) is 0 Å². The zero-order valence-electron chi connectivity index (χ0n) is 13.5. The molecule has 0 spiro atoms. The molecule has 3 rings (SSSR count). The normalized spacial score (nSPS) is 20.4. The first kappa shape index (κ1) is 15.6. The number of morpholine rings is 1. The molecule has 2 aromatic rings. The lowest BCUT2D eigenvalue weighted by atomic mass is 9.93. The molecule has 22 heavy (non-hydrogen) atoms. The van der Waals surface area contributed by atoms with Crippen molar-refractivity contribution in [2.45, 2.75) is 38.8 Å². The third-order valence-corrected chi connectivity index (χ3v) is 4.86. The van der Waals surface area contributed by atoms with Crippen LogP contribution in [0.4, 0.5) is 0 Å². The number of hydrogen-bond acceptors (Lipinski definition) is 5. The topological polar surface area (TPSA) is 43.2 Å². The van der Waals surface area contributed by atoms with E-state index < -0.39 is 0 Å². The van der Waals surface area contributed by atoms with Crippen molar-refractivity contribution in [3.8, 4) is 0 Å². The fourth-order valence-electron chi connectivity index (χ4n) is 2.51. The van der Waals surface area contributed by atoms with Gasteiger partial charge in [0.2, 0.25) is 0 Å². The molecule has 0 radical (unpaired) electrons. The Morgan fingerprint density at radius 1 is 1.36 bits per heavy atom. The fourth-order valence-corrected chi connectivity index (χ4v) is 3.60. The van der Waals surface area contributed by atoms with Gasteiger partial charge in [0, 0.05) is 42.8 Å². The lowest BCUT2D eigenvalue weighted by Gasteiger charge is -2.31. The number of rotatable bonds is 4. The first-order chi connectivity index (χ1) is 10.5. The van der Waals surface area contributed by atoms with Crippen molar-refractivity contribution in [1.29, 1.82) is 0 Å². The molecule has 0 bridgehead atoms. The van der Waals surface area contributed by atoms with Gasteiger partial charge in [0.05, 0.1) is 18.8 Å². The lowest BCUT2D eigenvalue weighted by molar-refractivity contribution is -0.0312. The maximum atomic E-state index is 5.94. The van der Waals surface area contributed by atoms with Crippen LogP contribution in [0.25, 0.3) is 0 Å². The number of aromatic nitrogens is 3.